The first-order valence-corrected chi connectivity index (χ1v) is 10.9. The summed E-state index contributed by atoms with van der Waals surface area (Å²) in [5.74, 6) is 0. The molecule has 5 heteroatoms. The summed E-state index contributed by atoms with van der Waals surface area (Å²) >= 11 is 0. The third-order valence-corrected chi connectivity index (χ3v) is 5.91. The maximum Gasteiger partial charge on any atom is 0.0751 e. The van der Waals surface area contributed by atoms with Gasteiger partial charge in [-0.05, 0) is 79.8 Å². The van der Waals surface area contributed by atoms with Crippen LogP contribution >= 0.6 is 0 Å². The molecule has 0 spiro atoms. The van der Waals surface area contributed by atoms with Crippen molar-refractivity contribution in [1.82, 2.24) is 24.8 Å². The summed E-state index contributed by atoms with van der Waals surface area (Å²) in [6.07, 6.45) is 14.7. The van der Waals surface area contributed by atoms with Gasteiger partial charge in [0, 0.05) is 40.9 Å². The molecule has 3 aromatic heterocycles. The summed E-state index contributed by atoms with van der Waals surface area (Å²) < 4.78 is 0. The second-order valence-electron chi connectivity index (χ2n) is 8.07. The van der Waals surface area contributed by atoms with Crippen LogP contribution in [0.25, 0.3) is 52.1 Å². The van der Waals surface area contributed by atoms with Crippen molar-refractivity contribution in [3.05, 3.63) is 89.0 Å². The Morgan fingerprint density at radius 3 is 2.41 bits per heavy atom. The number of likely N-dealkylation sites (N-methyl/N-ethyl adjacent to an activating group) is 1. The van der Waals surface area contributed by atoms with E-state index in [0.717, 1.165) is 63.5 Å². The van der Waals surface area contributed by atoms with E-state index in [1.165, 1.54) is 5.70 Å². The highest BCUT2D eigenvalue weighted by Crippen LogP contribution is 2.30. The quantitative estimate of drug-likeness (QED) is 0.377. The van der Waals surface area contributed by atoms with Crippen LogP contribution in [-0.2, 0) is 0 Å². The maximum atomic E-state index is 4.97. The Balaban J connectivity index is 1.70. The van der Waals surface area contributed by atoms with Crippen LogP contribution in [0.5, 0.6) is 0 Å². The molecular weight excluding hydrogens is 394 g/mol. The van der Waals surface area contributed by atoms with E-state index in [1.54, 1.807) is 0 Å². The molecule has 6 rings (SSSR count). The van der Waals surface area contributed by atoms with Gasteiger partial charge in [-0.1, -0.05) is 12.2 Å². The SMILES string of the molecule is CCN1CC=CC=C1c1c2nc(cc3nc(cc4ccc(cc5ccc1[nH]5)[nH]4)C=C3)C=C2. The van der Waals surface area contributed by atoms with E-state index in [4.69, 9.17) is 9.97 Å². The first kappa shape index (κ1) is 18.6. The third-order valence-electron chi connectivity index (χ3n) is 5.91. The second-order valence-corrected chi connectivity index (χ2v) is 8.07. The second kappa shape index (κ2) is 7.54. The van der Waals surface area contributed by atoms with Crippen molar-refractivity contribution in [3.63, 3.8) is 0 Å². The van der Waals surface area contributed by atoms with Gasteiger partial charge in [-0.15, -0.1) is 0 Å². The summed E-state index contributed by atoms with van der Waals surface area (Å²) in [5, 5.41) is 0. The molecule has 0 fully saturated rings. The molecule has 0 saturated heterocycles. The number of hydrogen-bond donors (Lipinski definition) is 2. The molecule has 156 valence electrons. The van der Waals surface area contributed by atoms with Crippen LogP contribution in [0.15, 0.2) is 60.7 Å². The maximum absolute atomic E-state index is 4.97. The Kier molecular flexibility index (Phi) is 4.39. The standard InChI is InChI=1S/C27H23N5/c1-2-32-14-4-3-5-26(32)27-24-12-10-22(30-24)16-20-8-6-18(28-20)15-19-7-9-21(29-19)17-23-11-13-25(27)31-23/h3-13,15-17,28,30H,2,14H2,1H3. The number of allylic oxidation sites excluding steroid dienone is 2. The minimum Gasteiger partial charge on any atom is -0.367 e. The molecule has 3 aliphatic heterocycles. The van der Waals surface area contributed by atoms with Gasteiger partial charge < -0.3 is 14.9 Å². The molecule has 3 aliphatic rings. The summed E-state index contributed by atoms with van der Waals surface area (Å²) in [6.45, 7) is 4.02. The van der Waals surface area contributed by atoms with Gasteiger partial charge in [0.05, 0.1) is 28.3 Å². The fourth-order valence-corrected chi connectivity index (χ4v) is 4.37. The van der Waals surface area contributed by atoms with Gasteiger partial charge in [-0.25, -0.2) is 9.97 Å². The van der Waals surface area contributed by atoms with E-state index in [1.807, 2.05) is 18.2 Å². The van der Waals surface area contributed by atoms with Crippen molar-refractivity contribution in [2.24, 2.45) is 0 Å². The number of H-pyrrole nitrogens is 2. The monoisotopic (exact) mass is 417 g/mol. The first-order chi connectivity index (χ1) is 15.7. The van der Waals surface area contributed by atoms with E-state index in [9.17, 15) is 0 Å². The fraction of sp³-hybridized carbons (Fsp3) is 0.111. The van der Waals surface area contributed by atoms with Gasteiger partial charge in [0.15, 0.2) is 0 Å². The van der Waals surface area contributed by atoms with E-state index in [2.05, 4.69) is 88.6 Å². The molecule has 5 nitrogen and oxygen atoms in total. The molecule has 3 aromatic rings. The summed E-state index contributed by atoms with van der Waals surface area (Å²) in [6, 6.07) is 14.6. The van der Waals surface area contributed by atoms with Crippen LogP contribution < -0.4 is 0 Å². The zero-order valence-electron chi connectivity index (χ0n) is 17.8. The Morgan fingerprint density at radius 2 is 1.53 bits per heavy atom. The number of hydrogen-bond acceptors (Lipinski definition) is 3. The van der Waals surface area contributed by atoms with E-state index < -0.39 is 0 Å². The van der Waals surface area contributed by atoms with E-state index in [0.29, 0.717) is 0 Å². The Bertz CT molecular complexity index is 1490. The predicted molar refractivity (Wildman–Crippen MR) is 133 cm³/mol. The molecule has 0 atom stereocenters. The Hall–Kier alpha value is -4.12. The van der Waals surface area contributed by atoms with Gasteiger partial charge in [0.25, 0.3) is 0 Å². The van der Waals surface area contributed by atoms with Crippen molar-refractivity contribution >= 4 is 52.1 Å². The van der Waals surface area contributed by atoms with Gasteiger partial charge >= 0.3 is 0 Å². The van der Waals surface area contributed by atoms with Crippen molar-refractivity contribution in [1.29, 1.82) is 0 Å². The normalized spacial score (nSPS) is 14.8. The first-order valence-electron chi connectivity index (χ1n) is 10.9. The van der Waals surface area contributed by atoms with E-state index in [-0.39, 0.29) is 0 Å². The lowest BCUT2D eigenvalue weighted by atomic mass is 10.1. The molecule has 0 radical (unpaired) electrons. The summed E-state index contributed by atoms with van der Waals surface area (Å²) in [4.78, 5) is 19.1. The zero-order valence-corrected chi connectivity index (χ0v) is 17.8. The number of nitrogens with zero attached hydrogens (tertiary/aromatic N) is 3. The van der Waals surface area contributed by atoms with Crippen molar-refractivity contribution in [3.8, 4) is 0 Å². The number of nitrogens with one attached hydrogen (secondary N) is 2. The van der Waals surface area contributed by atoms with Crippen molar-refractivity contribution in [2.45, 2.75) is 6.92 Å². The molecule has 0 unspecified atom stereocenters. The molecule has 0 aliphatic carbocycles. The fourth-order valence-electron chi connectivity index (χ4n) is 4.37. The van der Waals surface area contributed by atoms with Crippen LogP contribution in [-0.4, -0.2) is 37.9 Å². The highest BCUT2D eigenvalue weighted by atomic mass is 15.1. The molecule has 0 saturated carbocycles. The minimum atomic E-state index is 0.896. The zero-order chi connectivity index (χ0) is 21.5. The molecule has 8 bridgehead atoms. The molecule has 0 aromatic carbocycles. The van der Waals surface area contributed by atoms with Gasteiger partial charge in [0.2, 0.25) is 0 Å². The largest absolute Gasteiger partial charge is 0.367 e. The van der Waals surface area contributed by atoms with Crippen LogP contribution in [0.4, 0.5) is 0 Å². The molecular formula is C27H23N5. The minimum absolute atomic E-state index is 0.896. The molecule has 0 amide bonds. The number of fused-ring (bicyclic) bond motifs is 8. The lowest BCUT2D eigenvalue weighted by molar-refractivity contribution is 0.460. The highest BCUT2D eigenvalue weighted by Gasteiger charge is 2.18. The van der Waals surface area contributed by atoms with Gasteiger partial charge in [-0.3, -0.25) is 0 Å². The van der Waals surface area contributed by atoms with E-state index >= 15 is 0 Å². The smallest absolute Gasteiger partial charge is 0.0751 e. The van der Waals surface area contributed by atoms with Crippen molar-refractivity contribution in [2.75, 3.05) is 13.1 Å². The number of rotatable bonds is 2. The predicted octanol–water partition coefficient (Wildman–Crippen LogP) is 5.89. The van der Waals surface area contributed by atoms with Crippen LogP contribution in [0.1, 0.15) is 35.3 Å². The van der Waals surface area contributed by atoms with Gasteiger partial charge in [0.1, 0.15) is 0 Å². The van der Waals surface area contributed by atoms with Crippen LogP contribution in [0, 0.1) is 0 Å². The highest BCUT2D eigenvalue weighted by molar-refractivity contribution is 5.88. The van der Waals surface area contributed by atoms with Crippen LogP contribution in [0.2, 0.25) is 0 Å². The molecule has 6 heterocycles. The number of aromatic amines is 2. The van der Waals surface area contributed by atoms with Crippen molar-refractivity contribution < 1.29 is 0 Å². The van der Waals surface area contributed by atoms with Gasteiger partial charge in [-0.2, -0.15) is 0 Å². The molecule has 2 N–H and O–H groups in total. The van der Waals surface area contributed by atoms with Crippen LogP contribution in [0.3, 0.4) is 0 Å². The lowest BCUT2D eigenvalue weighted by Gasteiger charge is -2.27. The molecule has 32 heavy (non-hydrogen) atoms. The topological polar surface area (TPSA) is 60.6 Å². The summed E-state index contributed by atoms with van der Waals surface area (Å²) in [7, 11) is 0. The Labute approximate surface area is 186 Å². The Morgan fingerprint density at radius 1 is 0.812 bits per heavy atom. The average Bonchev–Trinajstić information content (AvgIpc) is 3.60. The number of aromatic nitrogens is 4. The average molecular weight is 418 g/mol. The third kappa shape index (κ3) is 3.38. The summed E-state index contributed by atoms with van der Waals surface area (Å²) in [5.41, 5.74) is 10.2. The lowest BCUT2D eigenvalue weighted by Crippen LogP contribution is -2.24.